The lowest BCUT2D eigenvalue weighted by Gasteiger charge is -2.33. The van der Waals surface area contributed by atoms with Crippen molar-refractivity contribution in [2.24, 2.45) is 0 Å². The van der Waals surface area contributed by atoms with E-state index >= 15 is 0 Å². The van der Waals surface area contributed by atoms with E-state index in [1.54, 1.807) is 36.4 Å². The SMILES string of the molecule is CCCCNC(=O)[C@H](CC)N(Cc1ccccc1)C(=O)CN(c1ccc(C)c(Cl)c1)S(=O)(=O)c1ccccc1. The van der Waals surface area contributed by atoms with Gasteiger partial charge in [0.05, 0.1) is 10.6 Å². The van der Waals surface area contributed by atoms with Crippen molar-refractivity contribution in [3.8, 4) is 0 Å². The molecule has 0 saturated carbocycles. The average molecular weight is 570 g/mol. The molecule has 0 aliphatic rings. The fourth-order valence-electron chi connectivity index (χ4n) is 4.19. The molecule has 0 unspecified atom stereocenters. The highest BCUT2D eigenvalue weighted by Gasteiger charge is 2.33. The van der Waals surface area contributed by atoms with Gasteiger partial charge in [0, 0.05) is 18.1 Å². The number of hydrogen-bond donors (Lipinski definition) is 1. The van der Waals surface area contributed by atoms with Crippen LogP contribution in [0.5, 0.6) is 0 Å². The smallest absolute Gasteiger partial charge is 0.264 e. The van der Waals surface area contributed by atoms with Gasteiger partial charge in [-0.05, 0) is 55.2 Å². The molecule has 0 saturated heterocycles. The van der Waals surface area contributed by atoms with Gasteiger partial charge in [-0.15, -0.1) is 0 Å². The monoisotopic (exact) mass is 569 g/mol. The summed E-state index contributed by atoms with van der Waals surface area (Å²) in [4.78, 5) is 28.7. The molecule has 7 nitrogen and oxygen atoms in total. The second-order valence-corrected chi connectivity index (χ2v) is 11.6. The molecule has 1 N–H and O–H groups in total. The number of aryl methyl sites for hydroxylation is 1. The maximum Gasteiger partial charge on any atom is 0.264 e. The first kappa shape index (κ1) is 30.2. The van der Waals surface area contributed by atoms with Gasteiger partial charge in [-0.2, -0.15) is 0 Å². The number of sulfonamides is 1. The van der Waals surface area contributed by atoms with Gasteiger partial charge in [-0.3, -0.25) is 13.9 Å². The molecule has 0 bridgehead atoms. The third-order valence-electron chi connectivity index (χ3n) is 6.46. The number of carbonyl (C=O) groups is 2. The first-order valence-corrected chi connectivity index (χ1v) is 15.0. The molecule has 2 amide bonds. The maximum atomic E-state index is 14.0. The van der Waals surface area contributed by atoms with Crippen molar-refractivity contribution in [3.05, 3.63) is 95.0 Å². The number of hydrogen-bond acceptors (Lipinski definition) is 4. The molecule has 0 aliphatic carbocycles. The zero-order valence-electron chi connectivity index (χ0n) is 22.6. The molecule has 39 heavy (non-hydrogen) atoms. The van der Waals surface area contributed by atoms with Crippen LogP contribution in [0.2, 0.25) is 5.02 Å². The molecular formula is C30H36ClN3O4S. The Labute approximate surface area is 236 Å². The van der Waals surface area contributed by atoms with E-state index < -0.39 is 28.5 Å². The van der Waals surface area contributed by atoms with Crippen LogP contribution in [0.25, 0.3) is 0 Å². The second-order valence-electron chi connectivity index (χ2n) is 9.33. The summed E-state index contributed by atoms with van der Waals surface area (Å²) in [6, 6.07) is 21.4. The van der Waals surface area contributed by atoms with E-state index in [2.05, 4.69) is 5.32 Å². The lowest BCUT2D eigenvalue weighted by molar-refractivity contribution is -0.140. The van der Waals surface area contributed by atoms with Gasteiger partial charge in [0.25, 0.3) is 10.0 Å². The molecule has 0 spiro atoms. The summed E-state index contributed by atoms with van der Waals surface area (Å²) in [6.07, 6.45) is 2.12. The predicted octanol–water partition coefficient (Wildman–Crippen LogP) is 5.57. The van der Waals surface area contributed by atoms with Gasteiger partial charge in [-0.1, -0.05) is 86.5 Å². The fourth-order valence-corrected chi connectivity index (χ4v) is 5.79. The van der Waals surface area contributed by atoms with Gasteiger partial charge < -0.3 is 10.2 Å². The van der Waals surface area contributed by atoms with E-state index in [9.17, 15) is 18.0 Å². The van der Waals surface area contributed by atoms with Gasteiger partial charge in [0.2, 0.25) is 11.8 Å². The normalized spacial score (nSPS) is 12.0. The van der Waals surface area contributed by atoms with Crippen LogP contribution in [-0.4, -0.2) is 44.3 Å². The van der Waals surface area contributed by atoms with Crippen LogP contribution in [0.3, 0.4) is 0 Å². The van der Waals surface area contributed by atoms with Crippen LogP contribution in [0, 0.1) is 6.92 Å². The molecule has 208 valence electrons. The van der Waals surface area contributed by atoms with Crippen molar-refractivity contribution >= 4 is 39.1 Å². The number of halogens is 1. The first-order valence-electron chi connectivity index (χ1n) is 13.1. The van der Waals surface area contributed by atoms with Crippen LogP contribution < -0.4 is 9.62 Å². The number of anilines is 1. The summed E-state index contributed by atoms with van der Waals surface area (Å²) in [5, 5.41) is 3.31. The Kier molecular flexibility index (Phi) is 10.9. The van der Waals surface area contributed by atoms with E-state index in [1.165, 1.54) is 17.0 Å². The number of unbranched alkanes of at least 4 members (excludes halogenated alkanes) is 1. The van der Waals surface area contributed by atoms with Crippen LogP contribution in [0.4, 0.5) is 5.69 Å². The van der Waals surface area contributed by atoms with E-state index in [1.807, 2.05) is 51.1 Å². The first-order chi connectivity index (χ1) is 18.7. The number of nitrogens with one attached hydrogen (secondary N) is 1. The zero-order valence-corrected chi connectivity index (χ0v) is 24.2. The minimum absolute atomic E-state index is 0.0495. The molecule has 0 radical (unpaired) electrons. The van der Waals surface area contributed by atoms with E-state index in [4.69, 9.17) is 11.6 Å². The third kappa shape index (κ3) is 7.83. The largest absolute Gasteiger partial charge is 0.354 e. The molecule has 9 heteroatoms. The van der Waals surface area contributed by atoms with Gasteiger partial charge in [-0.25, -0.2) is 8.42 Å². The fraction of sp³-hybridized carbons (Fsp3) is 0.333. The van der Waals surface area contributed by atoms with Crippen molar-refractivity contribution in [1.29, 1.82) is 0 Å². The molecular weight excluding hydrogens is 534 g/mol. The predicted molar refractivity (Wildman–Crippen MR) is 156 cm³/mol. The minimum Gasteiger partial charge on any atom is -0.354 e. The van der Waals surface area contributed by atoms with Crippen molar-refractivity contribution in [1.82, 2.24) is 10.2 Å². The number of nitrogens with zero attached hydrogens (tertiary/aromatic N) is 2. The lowest BCUT2D eigenvalue weighted by atomic mass is 10.1. The van der Waals surface area contributed by atoms with Crippen molar-refractivity contribution < 1.29 is 18.0 Å². The summed E-state index contributed by atoms with van der Waals surface area (Å²) < 4.78 is 28.7. The Bertz CT molecular complexity index is 1350. The number of benzene rings is 3. The van der Waals surface area contributed by atoms with Crippen molar-refractivity contribution in [2.45, 2.75) is 57.5 Å². The summed E-state index contributed by atoms with van der Waals surface area (Å²) in [6.45, 7) is 5.87. The highest BCUT2D eigenvalue weighted by molar-refractivity contribution is 7.92. The zero-order chi connectivity index (χ0) is 28.4. The number of amides is 2. The van der Waals surface area contributed by atoms with Crippen molar-refractivity contribution in [2.75, 3.05) is 17.4 Å². The Morgan fingerprint density at radius 2 is 1.59 bits per heavy atom. The second kappa shape index (κ2) is 14.1. The number of carbonyl (C=O) groups excluding carboxylic acids is 2. The van der Waals surface area contributed by atoms with Crippen LogP contribution in [0.1, 0.15) is 44.2 Å². The maximum absolute atomic E-state index is 14.0. The molecule has 0 aromatic heterocycles. The summed E-state index contributed by atoms with van der Waals surface area (Å²) >= 11 is 6.37. The average Bonchev–Trinajstić information content (AvgIpc) is 2.94. The highest BCUT2D eigenvalue weighted by atomic mass is 35.5. The Hall–Kier alpha value is -3.36. The van der Waals surface area contributed by atoms with E-state index in [0.717, 1.165) is 28.3 Å². The van der Waals surface area contributed by atoms with Crippen LogP contribution in [0.15, 0.2) is 83.8 Å². The molecule has 3 aromatic rings. The minimum atomic E-state index is -4.13. The quantitative estimate of drug-likeness (QED) is 0.273. The van der Waals surface area contributed by atoms with Crippen LogP contribution >= 0.6 is 11.6 Å². The van der Waals surface area contributed by atoms with E-state index in [0.29, 0.717) is 18.0 Å². The molecule has 3 aromatic carbocycles. The number of rotatable bonds is 13. The van der Waals surface area contributed by atoms with E-state index in [-0.39, 0.29) is 23.0 Å². The van der Waals surface area contributed by atoms with Crippen molar-refractivity contribution in [3.63, 3.8) is 0 Å². The standard InChI is InChI=1S/C30H36ClN3O4S/c1-4-6-19-32-30(36)28(5-2)33(21-24-13-9-7-10-14-24)29(35)22-34(25-18-17-23(3)27(31)20-25)39(37,38)26-15-11-8-12-16-26/h7-18,20,28H,4-6,19,21-22H2,1-3H3,(H,32,36)/t28-/m0/s1. The van der Waals surface area contributed by atoms with Gasteiger partial charge in [0.1, 0.15) is 12.6 Å². The molecule has 0 aliphatic heterocycles. The summed E-state index contributed by atoms with van der Waals surface area (Å²) in [5.41, 5.74) is 1.88. The summed E-state index contributed by atoms with van der Waals surface area (Å²) in [7, 11) is -4.13. The topological polar surface area (TPSA) is 86.8 Å². The highest BCUT2D eigenvalue weighted by Crippen LogP contribution is 2.28. The van der Waals surface area contributed by atoms with Gasteiger partial charge >= 0.3 is 0 Å². The lowest BCUT2D eigenvalue weighted by Crippen LogP contribution is -2.52. The molecule has 3 rings (SSSR count). The van der Waals surface area contributed by atoms with Crippen LogP contribution in [-0.2, 0) is 26.2 Å². The Morgan fingerprint density at radius 3 is 2.18 bits per heavy atom. The van der Waals surface area contributed by atoms with Gasteiger partial charge in [0.15, 0.2) is 0 Å². The Morgan fingerprint density at radius 1 is 0.949 bits per heavy atom. The summed E-state index contributed by atoms with van der Waals surface area (Å²) in [5.74, 6) is -0.751. The molecule has 0 fully saturated rings. The third-order valence-corrected chi connectivity index (χ3v) is 8.66. The molecule has 1 atom stereocenters. The molecule has 0 heterocycles. The Balaban J connectivity index is 2.03.